The Labute approximate surface area is 186 Å². The number of benzene rings is 1. The van der Waals surface area contributed by atoms with Gasteiger partial charge < -0.3 is 15.3 Å². The second-order valence-corrected chi connectivity index (χ2v) is 11.3. The fourth-order valence-electron chi connectivity index (χ4n) is 5.65. The molecular weight excluding hydrogens is 406 g/mol. The van der Waals surface area contributed by atoms with Crippen LogP contribution in [0.3, 0.4) is 0 Å². The summed E-state index contributed by atoms with van der Waals surface area (Å²) in [4.78, 5) is 8.25. The van der Waals surface area contributed by atoms with Crippen LogP contribution in [0.15, 0.2) is 29.2 Å². The second kappa shape index (κ2) is 7.59. The van der Waals surface area contributed by atoms with Crippen molar-refractivity contribution in [2.75, 3.05) is 35.7 Å². The maximum Gasteiger partial charge on any atom is 0.145 e. The Morgan fingerprint density at radius 3 is 2.55 bits per heavy atom. The molecule has 1 aromatic carbocycles. The monoisotopic (exact) mass is 437 g/mol. The molecule has 2 aliphatic carbocycles. The molecule has 6 rings (SSSR count). The molecule has 3 heterocycles. The largest absolute Gasteiger partial charge is 0.394 e. The SMILES string of the molecule is O=[S@@]1CCc2cc(N3CCC(c4ccc5c(c4)CC5)CC3)nc(NC3(CO)CCC3)c21. The number of aliphatic hydroxyl groups excluding tert-OH is 1. The van der Waals surface area contributed by atoms with Gasteiger partial charge in [0, 0.05) is 18.8 Å². The predicted octanol–water partition coefficient (Wildman–Crippen LogP) is 3.55. The molecular formula is C25H31N3O2S. The van der Waals surface area contributed by atoms with Crippen LogP contribution in [0.25, 0.3) is 0 Å². The molecule has 2 fully saturated rings. The third kappa shape index (κ3) is 3.39. The van der Waals surface area contributed by atoms with E-state index in [1.54, 1.807) is 5.56 Å². The first-order chi connectivity index (χ1) is 15.1. The predicted molar refractivity (Wildman–Crippen MR) is 125 cm³/mol. The number of pyridine rings is 1. The maximum atomic E-state index is 12.7. The van der Waals surface area contributed by atoms with E-state index >= 15 is 0 Å². The van der Waals surface area contributed by atoms with E-state index in [4.69, 9.17) is 4.98 Å². The van der Waals surface area contributed by atoms with Gasteiger partial charge in [-0.25, -0.2) is 4.98 Å². The fourth-order valence-corrected chi connectivity index (χ4v) is 7.03. The standard InChI is InChI=1S/C25H31N3O2S/c29-16-25(9-1-10-25)27-24-23-21(8-13-31(23)30)15-22(26-24)28-11-6-18(7-12-28)20-5-3-17-2-4-19(17)14-20/h3,5,14-15,18,29H,1-2,4,6-13,16H2,(H,26,27)/t31-/m1/s1. The van der Waals surface area contributed by atoms with Gasteiger partial charge >= 0.3 is 0 Å². The Kier molecular flexibility index (Phi) is 4.83. The van der Waals surface area contributed by atoms with Gasteiger partial charge in [0.25, 0.3) is 0 Å². The smallest absolute Gasteiger partial charge is 0.145 e. The summed E-state index contributed by atoms with van der Waals surface area (Å²) < 4.78 is 12.7. The number of rotatable bonds is 5. The summed E-state index contributed by atoms with van der Waals surface area (Å²) >= 11 is 0. The first kappa shape index (κ1) is 19.7. The van der Waals surface area contributed by atoms with Gasteiger partial charge in [-0.1, -0.05) is 18.2 Å². The molecule has 4 aliphatic rings. The molecule has 0 unspecified atom stereocenters. The zero-order valence-corrected chi connectivity index (χ0v) is 18.8. The van der Waals surface area contributed by atoms with E-state index in [9.17, 15) is 9.32 Å². The van der Waals surface area contributed by atoms with Gasteiger partial charge in [-0.2, -0.15) is 0 Å². The van der Waals surface area contributed by atoms with E-state index in [-0.39, 0.29) is 12.1 Å². The lowest BCUT2D eigenvalue weighted by Gasteiger charge is -2.42. The van der Waals surface area contributed by atoms with Gasteiger partial charge in [-0.05, 0) is 85.6 Å². The Balaban J connectivity index is 1.23. The average Bonchev–Trinajstić information content (AvgIpc) is 3.13. The first-order valence-electron chi connectivity index (χ1n) is 11.8. The number of hydrogen-bond acceptors (Lipinski definition) is 5. The number of fused-ring (bicyclic) bond motifs is 2. The van der Waals surface area contributed by atoms with Crippen molar-refractivity contribution in [2.24, 2.45) is 0 Å². The van der Waals surface area contributed by atoms with Crippen LogP contribution in [0.2, 0.25) is 0 Å². The van der Waals surface area contributed by atoms with Crippen LogP contribution in [0.4, 0.5) is 11.6 Å². The minimum absolute atomic E-state index is 0.104. The molecule has 6 heteroatoms. The molecule has 0 bridgehead atoms. The molecule has 1 saturated heterocycles. The van der Waals surface area contributed by atoms with Crippen molar-refractivity contribution in [2.45, 2.75) is 67.7 Å². The highest BCUT2D eigenvalue weighted by Gasteiger charge is 2.38. The van der Waals surface area contributed by atoms with Crippen molar-refractivity contribution in [3.05, 3.63) is 46.5 Å². The molecule has 31 heavy (non-hydrogen) atoms. The van der Waals surface area contributed by atoms with Crippen LogP contribution < -0.4 is 10.2 Å². The molecule has 0 amide bonds. The third-order valence-corrected chi connectivity index (χ3v) is 9.49. The minimum Gasteiger partial charge on any atom is -0.394 e. The van der Waals surface area contributed by atoms with Gasteiger partial charge in [0.2, 0.25) is 0 Å². The molecule has 164 valence electrons. The molecule has 0 spiro atoms. The fraction of sp³-hybridized carbons (Fsp3) is 0.560. The molecule has 1 aromatic heterocycles. The van der Waals surface area contributed by atoms with Crippen molar-refractivity contribution < 1.29 is 9.32 Å². The van der Waals surface area contributed by atoms with Crippen molar-refractivity contribution in [1.82, 2.24) is 4.98 Å². The molecule has 2 aromatic rings. The summed E-state index contributed by atoms with van der Waals surface area (Å²) in [5.41, 5.74) is 5.48. The number of aliphatic hydroxyl groups is 1. The number of anilines is 2. The Hall–Kier alpha value is -1.92. The summed E-state index contributed by atoms with van der Waals surface area (Å²) in [6, 6.07) is 9.29. The Morgan fingerprint density at radius 2 is 1.90 bits per heavy atom. The van der Waals surface area contributed by atoms with E-state index in [0.29, 0.717) is 11.7 Å². The highest BCUT2D eigenvalue weighted by atomic mass is 32.2. The summed E-state index contributed by atoms with van der Waals surface area (Å²) in [6.45, 7) is 2.11. The van der Waals surface area contributed by atoms with Gasteiger partial charge in [-0.3, -0.25) is 4.21 Å². The van der Waals surface area contributed by atoms with Gasteiger partial charge in [0.15, 0.2) is 0 Å². The number of nitrogens with zero attached hydrogens (tertiary/aromatic N) is 2. The number of hydrogen-bond donors (Lipinski definition) is 2. The van der Waals surface area contributed by atoms with Gasteiger partial charge in [0.1, 0.15) is 11.6 Å². The zero-order chi connectivity index (χ0) is 21.0. The number of nitrogens with one attached hydrogen (secondary N) is 1. The molecule has 2 aliphatic heterocycles. The van der Waals surface area contributed by atoms with E-state index in [2.05, 4.69) is 34.5 Å². The third-order valence-electron chi connectivity index (χ3n) is 8.00. The quantitative estimate of drug-likeness (QED) is 0.749. The highest BCUT2D eigenvalue weighted by molar-refractivity contribution is 7.85. The summed E-state index contributed by atoms with van der Waals surface area (Å²) in [7, 11) is -0.992. The summed E-state index contributed by atoms with van der Waals surface area (Å²) in [5, 5.41) is 13.5. The summed E-state index contributed by atoms with van der Waals surface area (Å²) in [6.07, 6.45) is 8.65. The lowest BCUT2D eigenvalue weighted by molar-refractivity contribution is 0.143. The van der Waals surface area contributed by atoms with E-state index in [0.717, 1.165) is 68.1 Å². The Morgan fingerprint density at radius 1 is 1.10 bits per heavy atom. The number of piperidine rings is 1. The van der Waals surface area contributed by atoms with E-state index in [1.165, 1.54) is 29.5 Å². The van der Waals surface area contributed by atoms with E-state index < -0.39 is 10.8 Å². The zero-order valence-electron chi connectivity index (χ0n) is 18.0. The number of aryl methyl sites for hydroxylation is 3. The van der Waals surface area contributed by atoms with Gasteiger partial charge in [-0.15, -0.1) is 0 Å². The lowest BCUT2D eigenvalue weighted by atomic mass is 9.77. The summed E-state index contributed by atoms with van der Waals surface area (Å²) in [5.74, 6) is 3.07. The van der Waals surface area contributed by atoms with Crippen molar-refractivity contribution >= 4 is 22.4 Å². The van der Waals surface area contributed by atoms with E-state index in [1.807, 2.05) is 0 Å². The van der Waals surface area contributed by atoms with Crippen LogP contribution in [-0.4, -0.2) is 45.3 Å². The van der Waals surface area contributed by atoms with Crippen molar-refractivity contribution in [3.8, 4) is 0 Å². The van der Waals surface area contributed by atoms with Crippen molar-refractivity contribution in [3.63, 3.8) is 0 Å². The maximum absolute atomic E-state index is 12.7. The van der Waals surface area contributed by atoms with Crippen LogP contribution in [0, 0.1) is 0 Å². The first-order valence-corrected chi connectivity index (χ1v) is 13.1. The van der Waals surface area contributed by atoms with Crippen LogP contribution in [0.5, 0.6) is 0 Å². The van der Waals surface area contributed by atoms with Crippen LogP contribution in [0.1, 0.15) is 60.3 Å². The highest BCUT2D eigenvalue weighted by Crippen LogP contribution is 2.40. The number of aromatic nitrogens is 1. The average molecular weight is 438 g/mol. The minimum atomic E-state index is -0.992. The molecule has 0 radical (unpaired) electrons. The van der Waals surface area contributed by atoms with Crippen LogP contribution >= 0.6 is 0 Å². The molecule has 5 nitrogen and oxygen atoms in total. The lowest BCUT2D eigenvalue weighted by Crippen LogP contribution is -2.48. The molecule has 1 atom stereocenters. The topological polar surface area (TPSA) is 65.5 Å². The van der Waals surface area contributed by atoms with Gasteiger partial charge in [0.05, 0.1) is 27.8 Å². The normalized spacial score (nSPS) is 24.2. The second-order valence-electron chi connectivity index (χ2n) is 9.82. The molecule has 1 saturated carbocycles. The van der Waals surface area contributed by atoms with Crippen molar-refractivity contribution in [1.29, 1.82) is 0 Å². The Bertz CT molecular complexity index is 1040. The molecule has 2 N–H and O–H groups in total. The van der Waals surface area contributed by atoms with Crippen LogP contribution in [-0.2, 0) is 30.1 Å².